The van der Waals surface area contributed by atoms with Crippen molar-refractivity contribution in [2.75, 3.05) is 20.8 Å². The third kappa shape index (κ3) is 4.74. The standard InChI is InChI=1S/C25H22Cl2N2O5S/c1-5-34-24(31)21-13(2)28-25-29(22(21)16-12-15(26)7-9-18(16)32-3)23(30)20(35-25)11-14-6-8-19(33-4)17(27)10-14/h6-12,22H,5H2,1-4H3/b20-11-/t22-/m0/s1. The molecule has 7 nitrogen and oxygen atoms in total. The molecule has 0 saturated carbocycles. The lowest BCUT2D eigenvalue weighted by Gasteiger charge is -2.26. The number of benzene rings is 2. The second-order valence-corrected chi connectivity index (χ2v) is 9.44. The molecule has 0 bridgehead atoms. The van der Waals surface area contributed by atoms with E-state index in [2.05, 4.69) is 4.99 Å². The highest BCUT2D eigenvalue weighted by molar-refractivity contribution is 7.07. The lowest BCUT2D eigenvalue weighted by molar-refractivity contribution is -0.139. The van der Waals surface area contributed by atoms with Gasteiger partial charge in [0.1, 0.15) is 17.5 Å². The first-order chi connectivity index (χ1) is 16.8. The van der Waals surface area contributed by atoms with E-state index in [-0.39, 0.29) is 17.7 Å². The van der Waals surface area contributed by atoms with Crippen LogP contribution in [0.15, 0.2) is 57.5 Å². The number of hydrogen-bond donors (Lipinski definition) is 0. The van der Waals surface area contributed by atoms with Crippen LogP contribution in [0.25, 0.3) is 6.08 Å². The zero-order chi connectivity index (χ0) is 25.3. The zero-order valence-electron chi connectivity index (χ0n) is 19.4. The van der Waals surface area contributed by atoms with Gasteiger partial charge in [-0.1, -0.05) is 40.6 Å². The number of nitrogens with zero attached hydrogens (tertiary/aromatic N) is 2. The number of carbonyl (C=O) groups excluding carboxylic acids is 1. The van der Waals surface area contributed by atoms with Crippen LogP contribution in [0.2, 0.25) is 10.0 Å². The molecule has 1 aliphatic rings. The summed E-state index contributed by atoms with van der Waals surface area (Å²) in [5.41, 5.74) is 1.66. The number of esters is 1. The monoisotopic (exact) mass is 532 g/mol. The third-order valence-corrected chi connectivity index (χ3v) is 6.99. The van der Waals surface area contributed by atoms with Crippen molar-refractivity contribution in [3.8, 4) is 11.5 Å². The van der Waals surface area contributed by atoms with Crippen LogP contribution >= 0.6 is 34.5 Å². The van der Waals surface area contributed by atoms with Crippen molar-refractivity contribution in [1.29, 1.82) is 0 Å². The Kier molecular flexibility index (Phi) is 7.35. The average Bonchev–Trinajstić information content (AvgIpc) is 3.12. The maximum absolute atomic E-state index is 13.7. The van der Waals surface area contributed by atoms with E-state index in [1.165, 1.54) is 30.1 Å². The van der Waals surface area contributed by atoms with Crippen molar-refractivity contribution in [1.82, 2.24) is 4.57 Å². The van der Waals surface area contributed by atoms with Crippen molar-refractivity contribution in [3.63, 3.8) is 0 Å². The summed E-state index contributed by atoms with van der Waals surface area (Å²) in [5.74, 6) is 0.456. The van der Waals surface area contributed by atoms with E-state index in [0.29, 0.717) is 42.1 Å². The molecule has 2 aromatic carbocycles. The maximum atomic E-state index is 13.7. The van der Waals surface area contributed by atoms with Crippen molar-refractivity contribution in [2.45, 2.75) is 19.9 Å². The Labute approximate surface area is 215 Å². The Balaban J connectivity index is 1.98. The van der Waals surface area contributed by atoms with Gasteiger partial charge in [0, 0.05) is 10.6 Å². The summed E-state index contributed by atoms with van der Waals surface area (Å²) in [5, 5.41) is 0.865. The van der Waals surface area contributed by atoms with Crippen LogP contribution in [0.1, 0.15) is 31.0 Å². The minimum atomic E-state index is -0.833. The number of allylic oxidation sites excluding steroid dienone is 1. The molecule has 0 radical (unpaired) electrons. The van der Waals surface area contributed by atoms with Gasteiger partial charge in [0.05, 0.1) is 41.7 Å². The van der Waals surface area contributed by atoms with E-state index in [1.807, 2.05) is 0 Å². The first-order valence-electron chi connectivity index (χ1n) is 10.7. The molecule has 2 heterocycles. The molecular weight excluding hydrogens is 511 g/mol. The number of rotatable bonds is 6. The van der Waals surface area contributed by atoms with Gasteiger partial charge in [-0.05, 0) is 55.8 Å². The van der Waals surface area contributed by atoms with Crippen LogP contribution < -0.4 is 24.4 Å². The fourth-order valence-electron chi connectivity index (χ4n) is 3.93. The molecule has 0 fully saturated rings. The number of thiazole rings is 1. The topological polar surface area (TPSA) is 79.1 Å². The van der Waals surface area contributed by atoms with Gasteiger partial charge >= 0.3 is 5.97 Å². The molecule has 0 spiro atoms. The second kappa shape index (κ2) is 10.3. The van der Waals surface area contributed by atoms with E-state index in [9.17, 15) is 9.59 Å². The van der Waals surface area contributed by atoms with Gasteiger partial charge in [-0.3, -0.25) is 9.36 Å². The van der Waals surface area contributed by atoms with Crippen LogP contribution in [-0.4, -0.2) is 31.4 Å². The SMILES string of the molecule is CCOC(=O)C1=C(C)N=c2s/c(=C\c3ccc(OC)c(Cl)c3)c(=O)n2[C@H]1c1cc(Cl)ccc1OC. The quantitative estimate of drug-likeness (QED) is 0.446. The molecule has 182 valence electrons. The molecule has 0 N–H and O–H groups in total. The van der Waals surface area contributed by atoms with E-state index >= 15 is 0 Å². The Morgan fingerprint density at radius 2 is 1.86 bits per heavy atom. The molecule has 1 aromatic heterocycles. The first kappa shape index (κ1) is 25.0. The van der Waals surface area contributed by atoms with E-state index < -0.39 is 12.0 Å². The second-order valence-electron chi connectivity index (χ2n) is 7.58. The number of methoxy groups -OCH3 is 2. The molecule has 4 rings (SSSR count). The van der Waals surface area contributed by atoms with Crippen LogP contribution in [0.3, 0.4) is 0 Å². The molecule has 0 amide bonds. The van der Waals surface area contributed by atoms with Crippen LogP contribution in [0, 0.1) is 0 Å². The number of fused-ring (bicyclic) bond motifs is 1. The predicted molar refractivity (Wildman–Crippen MR) is 136 cm³/mol. The third-order valence-electron chi connectivity index (χ3n) is 5.48. The van der Waals surface area contributed by atoms with Crippen LogP contribution in [-0.2, 0) is 9.53 Å². The summed E-state index contributed by atoms with van der Waals surface area (Å²) < 4.78 is 18.0. The van der Waals surface area contributed by atoms with Crippen molar-refractivity contribution >= 4 is 46.6 Å². The number of hydrogen-bond acceptors (Lipinski definition) is 7. The molecule has 1 aliphatic heterocycles. The molecule has 0 aliphatic carbocycles. The minimum absolute atomic E-state index is 0.178. The number of carbonyl (C=O) groups is 1. The number of halogens is 2. The Morgan fingerprint density at radius 3 is 2.51 bits per heavy atom. The highest BCUT2D eigenvalue weighted by Gasteiger charge is 2.35. The fraction of sp³-hybridized carbons (Fsp3) is 0.240. The van der Waals surface area contributed by atoms with E-state index in [0.717, 1.165) is 5.56 Å². The van der Waals surface area contributed by atoms with Gasteiger partial charge in [0.2, 0.25) is 0 Å². The predicted octanol–water partition coefficient (Wildman–Crippen LogP) is 4.12. The molecule has 35 heavy (non-hydrogen) atoms. The highest BCUT2D eigenvalue weighted by atomic mass is 35.5. The van der Waals surface area contributed by atoms with Crippen LogP contribution in [0.4, 0.5) is 0 Å². The molecule has 0 unspecified atom stereocenters. The van der Waals surface area contributed by atoms with Crippen molar-refractivity contribution < 1.29 is 19.0 Å². The summed E-state index contributed by atoms with van der Waals surface area (Å²) in [4.78, 5) is 31.8. The largest absolute Gasteiger partial charge is 0.496 e. The maximum Gasteiger partial charge on any atom is 0.338 e. The smallest absolute Gasteiger partial charge is 0.338 e. The van der Waals surface area contributed by atoms with Gasteiger partial charge < -0.3 is 14.2 Å². The summed E-state index contributed by atoms with van der Waals surface area (Å²) >= 11 is 13.8. The first-order valence-corrected chi connectivity index (χ1v) is 12.2. The minimum Gasteiger partial charge on any atom is -0.496 e. The number of ether oxygens (including phenoxy) is 3. The van der Waals surface area contributed by atoms with Gasteiger partial charge in [0.25, 0.3) is 5.56 Å². The lowest BCUT2D eigenvalue weighted by atomic mass is 9.95. The van der Waals surface area contributed by atoms with Gasteiger partial charge in [-0.25, -0.2) is 9.79 Å². The highest BCUT2D eigenvalue weighted by Crippen LogP contribution is 2.37. The van der Waals surface area contributed by atoms with Gasteiger partial charge in [-0.2, -0.15) is 0 Å². The van der Waals surface area contributed by atoms with Crippen molar-refractivity contribution in [2.24, 2.45) is 4.99 Å². The Hall–Kier alpha value is -3.07. The normalized spacial score (nSPS) is 15.5. The fourth-order valence-corrected chi connectivity index (χ4v) is 5.42. The van der Waals surface area contributed by atoms with Crippen LogP contribution in [0.5, 0.6) is 11.5 Å². The van der Waals surface area contributed by atoms with E-state index in [4.69, 9.17) is 37.4 Å². The number of aromatic nitrogens is 1. The summed E-state index contributed by atoms with van der Waals surface area (Å²) in [6.45, 7) is 3.62. The lowest BCUT2D eigenvalue weighted by Crippen LogP contribution is -2.40. The zero-order valence-corrected chi connectivity index (χ0v) is 21.8. The molecule has 10 heteroatoms. The summed E-state index contributed by atoms with van der Waals surface area (Å²) in [6, 6.07) is 9.48. The van der Waals surface area contributed by atoms with Gasteiger partial charge in [0.15, 0.2) is 4.80 Å². The molecule has 3 aromatic rings. The van der Waals surface area contributed by atoms with E-state index in [1.54, 1.807) is 56.3 Å². The molecule has 0 saturated heterocycles. The summed E-state index contributed by atoms with van der Waals surface area (Å²) in [7, 11) is 3.05. The van der Waals surface area contributed by atoms with Crippen molar-refractivity contribution in [3.05, 3.63) is 88.5 Å². The summed E-state index contributed by atoms with van der Waals surface area (Å²) in [6.07, 6.45) is 1.73. The molecule has 1 atom stereocenters. The molecular formula is C25H22Cl2N2O5S. The average molecular weight is 533 g/mol. The Bertz CT molecular complexity index is 1520. The van der Waals surface area contributed by atoms with Gasteiger partial charge in [-0.15, -0.1) is 0 Å². The Morgan fingerprint density at radius 1 is 1.14 bits per heavy atom.